The van der Waals surface area contributed by atoms with Gasteiger partial charge in [-0.3, -0.25) is 4.79 Å². The molecule has 0 spiro atoms. The van der Waals surface area contributed by atoms with Gasteiger partial charge >= 0.3 is 6.09 Å². The molecular formula is C11H11Cl3N2O3. The van der Waals surface area contributed by atoms with E-state index in [2.05, 4.69) is 15.4 Å². The number of methoxy groups -OCH3 is 1. The Labute approximate surface area is 125 Å². The number of anilines is 1. The second kappa shape index (κ2) is 7.43. The van der Waals surface area contributed by atoms with E-state index >= 15 is 0 Å². The number of nitrogens with one attached hydrogen (secondary N) is 2. The van der Waals surface area contributed by atoms with Crippen molar-refractivity contribution in [3.8, 4) is 0 Å². The van der Waals surface area contributed by atoms with E-state index in [4.69, 9.17) is 34.8 Å². The molecule has 0 saturated heterocycles. The van der Waals surface area contributed by atoms with Crippen molar-refractivity contribution >= 4 is 52.5 Å². The van der Waals surface area contributed by atoms with Gasteiger partial charge in [-0.05, 0) is 12.1 Å². The lowest BCUT2D eigenvalue weighted by atomic mass is 10.3. The first-order valence-electron chi connectivity index (χ1n) is 5.20. The first-order chi connectivity index (χ1) is 8.93. The molecule has 19 heavy (non-hydrogen) atoms. The van der Waals surface area contributed by atoms with Gasteiger partial charge in [-0.25, -0.2) is 4.79 Å². The molecule has 1 aromatic carbocycles. The Hall–Kier alpha value is -1.17. The SMILES string of the molecule is COC(=O)NCCC(=O)Nc1cc(Cl)c(Cl)cc1Cl. The van der Waals surface area contributed by atoms with Gasteiger partial charge in [0.2, 0.25) is 5.91 Å². The van der Waals surface area contributed by atoms with Gasteiger partial charge in [-0.1, -0.05) is 34.8 Å². The molecule has 0 aliphatic heterocycles. The average molecular weight is 326 g/mol. The van der Waals surface area contributed by atoms with Crippen LogP contribution in [0.4, 0.5) is 10.5 Å². The third-order valence-corrected chi connectivity index (χ3v) is 3.13. The Kier molecular flexibility index (Phi) is 6.21. The molecule has 2 N–H and O–H groups in total. The fraction of sp³-hybridized carbons (Fsp3) is 0.273. The molecule has 5 nitrogen and oxygen atoms in total. The molecule has 0 aliphatic carbocycles. The fourth-order valence-corrected chi connectivity index (χ4v) is 1.78. The number of amides is 2. The zero-order valence-electron chi connectivity index (χ0n) is 9.93. The Morgan fingerprint density at radius 2 is 1.79 bits per heavy atom. The van der Waals surface area contributed by atoms with Crippen LogP contribution in [0.1, 0.15) is 6.42 Å². The molecule has 104 valence electrons. The van der Waals surface area contributed by atoms with Crippen LogP contribution < -0.4 is 10.6 Å². The van der Waals surface area contributed by atoms with E-state index in [0.717, 1.165) is 0 Å². The molecule has 0 saturated carbocycles. The predicted octanol–water partition coefficient (Wildman–Crippen LogP) is 3.33. The molecule has 0 atom stereocenters. The summed E-state index contributed by atoms with van der Waals surface area (Å²) in [5.41, 5.74) is 0.360. The van der Waals surface area contributed by atoms with E-state index < -0.39 is 6.09 Å². The Morgan fingerprint density at radius 3 is 2.42 bits per heavy atom. The number of hydrogen-bond donors (Lipinski definition) is 2. The maximum absolute atomic E-state index is 11.6. The lowest BCUT2D eigenvalue weighted by molar-refractivity contribution is -0.116. The number of hydrogen-bond acceptors (Lipinski definition) is 3. The number of carbonyl (C=O) groups is 2. The largest absolute Gasteiger partial charge is 0.453 e. The zero-order valence-corrected chi connectivity index (χ0v) is 12.2. The summed E-state index contributed by atoms with van der Waals surface area (Å²) >= 11 is 17.5. The maximum atomic E-state index is 11.6. The molecule has 2 amide bonds. The van der Waals surface area contributed by atoms with Crippen LogP contribution >= 0.6 is 34.8 Å². The molecule has 8 heteroatoms. The monoisotopic (exact) mass is 324 g/mol. The normalized spacial score (nSPS) is 9.89. The van der Waals surface area contributed by atoms with Crippen LogP contribution in [0.3, 0.4) is 0 Å². The molecule has 0 bridgehead atoms. The average Bonchev–Trinajstić information content (AvgIpc) is 2.35. The molecule has 1 aromatic rings. The Bertz CT molecular complexity index is 494. The predicted molar refractivity (Wildman–Crippen MR) is 75.1 cm³/mol. The van der Waals surface area contributed by atoms with Gasteiger partial charge in [0, 0.05) is 13.0 Å². The lowest BCUT2D eigenvalue weighted by Crippen LogP contribution is -2.27. The lowest BCUT2D eigenvalue weighted by Gasteiger charge is -2.09. The van der Waals surface area contributed by atoms with Crippen LogP contribution in [0.15, 0.2) is 12.1 Å². The number of rotatable bonds is 4. The highest BCUT2D eigenvalue weighted by Gasteiger charge is 2.09. The van der Waals surface area contributed by atoms with Crippen molar-refractivity contribution in [3.63, 3.8) is 0 Å². The Morgan fingerprint density at radius 1 is 1.16 bits per heavy atom. The molecule has 0 aliphatic rings. The Balaban J connectivity index is 2.53. The van der Waals surface area contributed by atoms with E-state index in [1.54, 1.807) is 0 Å². The van der Waals surface area contributed by atoms with Crippen molar-refractivity contribution in [1.29, 1.82) is 0 Å². The van der Waals surface area contributed by atoms with Crippen molar-refractivity contribution in [3.05, 3.63) is 27.2 Å². The summed E-state index contributed by atoms with van der Waals surface area (Å²) in [6, 6.07) is 2.89. The van der Waals surface area contributed by atoms with Crippen molar-refractivity contribution < 1.29 is 14.3 Å². The van der Waals surface area contributed by atoms with Crippen LogP contribution in [-0.4, -0.2) is 25.7 Å². The summed E-state index contributed by atoms with van der Waals surface area (Å²) in [7, 11) is 1.24. The number of ether oxygens (including phenoxy) is 1. The second-order valence-corrected chi connectivity index (χ2v) is 4.68. The summed E-state index contributed by atoms with van der Waals surface area (Å²) in [6.45, 7) is 0.150. The minimum Gasteiger partial charge on any atom is -0.453 e. The first kappa shape index (κ1) is 15.9. The maximum Gasteiger partial charge on any atom is 0.406 e. The molecule has 0 aromatic heterocycles. The molecule has 0 fully saturated rings. The van der Waals surface area contributed by atoms with Crippen molar-refractivity contribution in [2.75, 3.05) is 19.0 Å². The van der Waals surface area contributed by atoms with E-state index in [9.17, 15) is 9.59 Å². The minimum atomic E-state index is -0.597. The number of carbonyl (C=O) groups excluding carboxylic acids is 2. The van der Waals surface area contributed by atoms with E-state index in [1.165, 1.54) is 19.2 Å². The van der Waals surface area contributed by atoms with Crippen molar-refractivity contribution in [1.82, 2.24) is 5.32 Å². The molecular weight excluding hydrogens is 314 g/mol. The summed E-state index contributed by atoms with van der Waals surface area (Å²) in [4.78, 5) is 22.4. The third-order valence-electron chi connectivity index (χ3n) is 2.09. The van der Waals surface area contributed by atoms with Gasteiger partial charge in [0.25, 0.3) is 0 Å². The number of alkyl carbamates (subject to hydrolysis) is 1. The zero-order chi connectivity index (χ0) is 14.4. The van der Waals surface area contributed by atoms with Crippen LogP contribution in [0.2, 0.25) is 15.1 Å². The third kappa shape index (κ3) is 5.14. The molecule has 0 unspecified atom stereocenters. The van der Waals surface area contributed by atoms with E-state index in [-0.39, 0.29) is 28.9 Å². The van der Waals surface area contributed by atoms with E-state index in [1.807, 2.05) is 0 Å². The van der Waals surface area contributed by atoms with Crippen molar-refractivity contribution in [2.24, 2.45) is 0 Å². The topological polar surface area (TPSA) is 67.4 Å². The fourth-order valence-electron chi connectivity index (χ4n) is 1.18. The van der Waals surface area contributed by atoms with Crippen LogP contribution in [0.25, 0.3) is 0 Å². The quantitative estimate of drug-likeness (QED) is 0.834. The summed E-state index contributed by atoms with van der Waals surface area (Å²) in [5, 5.41) is 5.82. The van der Waals surface area contributed by atoms with Gasteiger partial charge in [-0.2, -0.15) is 0 Å². The van der Waals surface area contributed by atoms with Gasteiger partial charge < -0.3 is 15.4 Å². The first-order valence-corrected chi connectivity index (χ1v) is 6.33. The highest BCUT2D eigenvalue weighted by Crippen LogP contribution is 2.32. The smallest absolute Gasteiger partial charge is 0.406 e. The van der Waals surface area contributed by atoms with Gasteiger partial charge in [0.05, 0.1) is 27.9 Å². The molecule has 0 radical (unpaired) electrons. The van der Waals surface area contributed by atoms with Crippen LogP contribution in [0, 0.1) is 0 Å². The van der Waals surface area contributed by atoms with Crippen LogP contribution in [0.5, 0.6) is 0 Å². The van der Waals surface area contributed by atoms with Crippen LogP contribution in [-0.2, 0) is 9.53 Å². The second-order valence-electron chi connectivity index (χ2n) is 3.46. The summed E-state index contributed by atoms with van der Waals surface area (Å²) in [6.07, 6.45) is -0.522. The standard InChI is InChI=1S/C11H11Cl3N2O3/c1-19-11(18)15-3-2-10(17)16-9-5-7(13)6(12)4-8(9)14/h4-5H,2-3H2,1H3,(H,15,18)(H,16,17). The van der Waals surface area contributed by atoms with E-state index in [0.29, 0.717) is 10.7 Å². The molecule has 0 heterocycles. The summed E-state index contributed by atoms with van der Waals surface area (Å²) in [5.74, 6) is -0.323. The summed E-state index contributed by atoms with van der Waals surface area (Å²) < 4.78 is 4.36. The highest BCUT2D eigenvalue weighted by molar-refractivity contribution is 6.44. The van der Waals surface area contributed by atoms with Crippen molar-refractivity contribution in [2.45, 2.75) is 6.42 Å². The minimum absolute atomic E-state index is 0.0751. The number of benzene rings is 1. The van der Waals surface area contributed by atoms with Gasteiger partial charge in [-0.15, -0.1) is 0 Å². The van der Waals surface area contributed by atoms with Gasteiger partial charge in [0.1, 0.15) is 0 Å². The molecule has 1 rings (SSSR count). The highest BCUT2D eigenvalue weighted by atomic mass is 35.5. The van der Waals surface area contributed by atoms with Gasteiger partial charge in [0.15, 0.2) is 0 Å². The number of halogens is 3.